The minimum atomic E-state index is 0.198. The summed E-state index contributed by atoms with van der Waals surface area (Å²) in [5.41, 5.74) is 0. The molecule has 2 fully saturated rings. The molecule has 3 heterocycles. The number of carbonyl (C=O) groups excluding carboxylic acids is 1. The lowest BCUT2D eigenvalue weighted by Crippen LogP contribution is -2.52. The maximum atomic E-state index is 11.7. The maximum absolute atomic E-state index is 11.7. The van der Waals surface area contributed by atoms with Gasteiger partial charge < -0.3 is 15.1 Å². The molecule has 2 aliphatic heterocycles. The molecule has 2 aliphatic rings. The lowest BCUT2D eigenvalue weighted by atomic mass is 10.2. The lowest BCUT2D eigenvalue weighted by molar-refractivity contribution is -0.129. The molecule has 0 aromatic carbocycles. The van der Waals surface area contributed by atoms with E-state index in [1.54, 1.807) is 0 Å². The van der Waals surface area contributed by atoms with Crippen molar-refractivity contribution in [2.24, 2.45) is 0 Å². The standard InChI is InChI=1S/C13H19ClN6O/c1-2-5-15-12-16-11(14)17-13(18-12)19-6-7-20-9(8-19)3-4-10(20)21/h9H,2-8H2,1H3,(H,15,16,17,18). The molecule has 1 atom stereocenters. The molecule has 3 rings (SSSR count). The molecule has 0 radical (unpaired) electrons. The average molecular weight is 311 g/mol. The lowest BCUT2D eigenvalue weighted by Gasteiger charge is -2.37. The Labute approximate surface area is 128 Å². The van der Waals surface area contributed by atoms with E-state index in [1.807, 2.05) is 4.90 Å². The van der Waals surface area contributed by atoms with Crippen molar-refractivity contribution < 1.29 is 4.79 Å². The zero-order valence-electron chi connectivity index (χ0n) is 12.0. The van der Waals surface area contributed by atoms with Crippen molar-refractivity contribution in [3.8, 4) is 0 Å². The van der Waals surface area contributed by atoms with Crippen molar-refractivity contribution >= 4 is 29.4 Å². The van der Waals surface area contributed by atoms with Crippen LogP contribution < -0.4 is 10.2 Å². The van der Waals surface area contributed by atoms with Gasteiger partial charge in [-0.25, -0.2) is 0 Å². The van der Waals surface area contributed by atoms with Crippen LogP contribution in [0.4, 0.5) is 11.9 Å². The molecule has 21 heavy (non-hydrogen) atoms. The first-order valence-electron chi connectivity index (χ1n) is 7.37. The summed E-state index contributed by atoms with van der Waals surface area (Å²) in [6.07, 6.45) is 2.55. The van der Waals surface area contributed by atoms with E-state index >= 15 is 0 Å². The van der Waals surface area contributed by atoms with Crippen LogP contribution in [-0.4, -0.2) is 58.0 Å². The summed E-state index contributed by atoms with van der Waals surface area (Å²) in [6.45, 7) is 5.09. The van der Waals surface area contributed by atoms with Gasteiger partial charge >= 0.3 is 0 Å². The molecule has 0 saturated carbocycles. The fourth-order valence-corrected chi connectivity index (χ4v) is 3.00. The number of nitrogens with zero attached hydrogens (tertiary/aromatic N) is 5. The Balaban J connectivity index is 1.74. The molecule has 1 aromatic heterocycles. The molecule has 7 nitrogen and oxygen atoms in total. The van der Waals surface area contributed by atoms with Gasteiger partial charge in [-0.15, -0.1) is 0 Å². The summed E-state index contributed by atoms with van der Waals surface area (Å²) >= 11 is 5.99. The Morgan fingerprint density at radius 2 is 2.19 bits per heavy atom. The molecule has 1 unspecified atom stereocenters. The second-order valence-corrected chi connectivity index (χ2v) is 5.72. The van der Waals surface area contributed by atoms with Gasteiger partial charge in [0, 0.05) is 38.6 Å². The SMILES string of the molecule is CCCNc1nc(Cl)nc(N2CCN3C(=O)CCC3C2)n1. The molecular formula is C13H19ClN6O. The van der Waals surface area contributed by atoms with Crippen LogP contribution in [0, 0.1) is 0 Å². The molecule has 2 saturated heterocycles. The van der Waals surface area contributed by atoms with Crippen LogP contribution >= 0.6 is 11.6 Å². The number of hydrogen-bond donors (Lipinski definition) is 1. The van der Waals surface area contributed by atoms with Crippen LogP contribution in [0.3, 0.4) is 0 Å². The second kappa shape index (κ2) is 6.01. The summed E-state index contributed by atoms with van der Waals surface area (Å²) < 4.78 is 0. The number of rotatable bonds is 4. The monoisotopic (exact) mass is 310 g/mol. The number of aromatic nitrogens is 3. The minimum Gasteiger partial charge on any atom is -0.354 e. The van der Waals surface area contributed by atoms with Gasteiger partial charge in [0.1, 0.15) is 0 Å². The number of carbonyl (C=O) groups is 1. The van der Waals surface area contributed by atoms with Crippen LogP contribution in [0.15, 0.2) is 0 Å². The van der Waals surface area contributed by atoms with E-state index in [-0.39, 0.29) is 17.2 Å². The number of fused-ring (bicyclic) bond motifs is 1. The summed E-state index contributed by atoms with van der Waals surface area (Å²) in [5.74, 6) is 1.36. The highest BCUT2D eigenvalue weighted by Gasteiger charge is 2.36. The third-order valence-corrected chi connectivity index (χ3v) is 4.08. The van der Waals surface area contributed by atoms with Crippen molar-refractivity contribution in [3.05, 3.63) is 5.28 Å². The molecule has 114 valence electrons. The van der Waals surface area contributed by atoms with E-state index in [0.717, 1.165) is 39.0 Å². The number of halogens is 1. The van der Waals surface area contributed by atoms with E-state index in [1.165, 1.54) is 0 Å². The Hall–Kier alpha value is -1.63. The van der Waals surface area contributed by atoms with E-state index in [4.69, 9.17) is 11.6 Å². The molecule has 0 aliphatic carbocycles. The van der Waals surface area contributed by atoms with E-state index in [9.17, 15) is 4.79 Å². The van der Waals surface area contributed by atoms with Gasteiger partial charge in [0.05, 0.1) is 0 Å². The van der Waals surface area contributed by atoms with E-state index in [2.05, 4.69) is 32.1 Å². The quantitative estimate of drug-likeness (QED) is 0.899. The summed E-state index contributed by atoms with van der Waals surface area (Å²) in [7, 11) is 0. The smallest absolute Gasteiger partial charge is 0.231 e. The Morgan fingerprint density at radius 3 is 3.00 bits per heavy atom. The largest absolute Gasteiger partial charge is 0.354 e. The molecule has 1 amide bonds. The Kier molecular flexibility index (Phi) is 4.10. The molecule has 1 aromatic rings. The van der Waals surface area contributed by atoms with Gasteiger partial charge in [-0.1, -0.05) is 6.92 Å². The van der Waals surface area contributed by atoms with Crippen LogP contribution in [0.1, 0.15) is 26.2 Å². The van der Waals surface area contributed by atoms with E-state index in [0.29, 0.717) is 18.3 Å². The van der Waals surface area contributed by atoms with Crippen molar-refractivity contribution in [3.63, 3.8) is 0 Å². The second-order valence-electron chi connectivity index (χ2n) is 5.38. The average Bonchev–Trinajstić information content (AvgIpc) is 2.85. The molecule has 1 N–H and O–H groups in total. The number of hydrogen-bond acceptors (Lipinski definition) is 6. The van der Waals surface area contributed by atoms with Crippen LogP contribution in [0.2, 0.25) is 5.28 Å². The number of piperazine rings is 1. The fraction of sp³-hybridized carbons (Fsp3) is 0.692. The van der Waals surface area contributed by atoms with Crippen LogP contribution in [0.25, 0.3) is 0 Å². The zero-order valence-corrected chi connectivity index (χ0v) is 12.8. The third kappa shape index (κ3) is 3.02. The molecule has 8 heteroatoms. The summed E-state index contributed by atoms with van der Waals surface area (Å²) in [5, 5.41) is 3.33. The summed E-state index contributed by atoms with van der Waals surface area (Å²) in [6, 6.07) is 0.272. The highest BCUT2D eigenvalue weighted by atomic mass is 35.5. The van der Waals surface area contributed by atoms with E-state index < -0.39 is 0 Å². The number of amides is 1. The van der Waals surface area contributed by atoms with Gasteiger partial charge in [-0.2, -0.15) is 15.0 Å². The first-order chi connectivity index (χ1) is 10.2. The van der Waals surface area contributed by atoms with Gasteiger partial charge in [0.25, 0.3) is 0 Å². The van der Waals surface area contributed by atoms with Crippen molar-refractivity contribution in [2.45, 2.75) is 32.2 Å². The molecule has 0 spiro atoms. The van der Waals surface area contributed by atoms with Crippen molar-refractivity contribution in [1.82, 2.24) is 19.9 Å². The normalized spacial score (nSPS) is 21.6. The van der Waals surface area contributed by atoms with Gasteiger partial charge in [-0.3, -0.25) is 4.79 Å². The highest BCUT2D eigenvalue weighted by Crippen LogP contribution is 2.25. The molecular weight excluding hydrogens is 292 g/mol. The maximum Gasteiger partial charge on any atom is 0.231 e. The summed E-state index contributed by atoms with van der Waals surface area (Å²) in [4.78, 5) is 28.5. The van der Waals surface area contributed by atoms with Crippen LogP contribution in [0.5, 0.6) is 0 Å². The minimum absolute atomic E-state index is 0.198. The topological polar surface area (TPSA) is 74.2 Å². The molecule has 0 bridgehead atoms. The first-order valence-corrected chi connectivity index (χ1v) is 7.75. The van der Waals surface area contributed by atoms with Gasteiger partial charge in [-0.05, 0) is 24.4 Å². The predicted molar refractivity (Wildman–Crippen MR) is 80.6 cm³/mol. The Bertz CT molecular complexity index is 539. The van der Waals surface area contributed by atoms with Gasteiger partial charge in [0.2, 0.25) is 23.1 Å². The Morgan fingerprint density at radius 1 is 1.33 bits per heavy atom. The fourth-order valence-electron chi connectivity index (χ4n) is 2.84. The van der Waals surface area contributed by atoms with Crippen molar-refractivity contribution in [1.29, 1.82) is 0 Å². The van der Waals surface area contributed by atoms with Gasteiger partial charge in [0.15, 0.2) is 0 Å². The van der Waals surface area contributed by atoms with Crippen LogP contribution in [-0.2, 0) is 4.79 Å². The third-order valence-electron chi connectivity index (χ3n) is 3.91. The zero-order chi connectivity index (χ0) is 14.8. The van der Waals surface area contributed by atoms with Crippen molar-refractivity contribution in [2.75, 3.05) is 36.4 Å². The number of anilines is 2. The first kappa shape index (κ1) is 14.3. The highest BCUT2D eigenvalue weighted by molar-refractivity contribution is 6.28. The predicted octanol–water partition coefficient (Wildman–Crippen LogP) is 1.16. The number of nitrogens with one attached hydrogen (secondary N) is 1.